The van der Waals surface area contributed by atoms with Gasteiger partial charge in [0, 0.05) is 0 Å². The van der Waals surface area contributed by atoms with Gasteiger partial charge in [-0.25, -0.2) is 16.2 Å². The molecule has 6 heteroatoms. The van der Waals surface area contributed by atoms with Crippen LogP contribution in [0.1, 0.15) is 6.92 Å². The molecule has 15 heavy (non-hydrogen) atoms. The highest BCUT2D eigenvalue weighted by atomic mass is 79.9. The Balaban J connectivity index is 4.09. The highest BCUT2D eigenvalue weighted by Gasteiger charge is 2.13. The van der Waals surface area contributed by atoms with Crippen molar-refractivity contribution >= 4 is 27.9 Å². The van der Waals surface area contributed by atoms with Gasteiger partial charge in [-0.2, -0.15) is 0 Å². The third-order valence-corrected chi connectivity index (χ3v) is 1.82. The Bertz CT molecular complexity index is 306. The van der Waals surface area contributed by atoms with E-state index in [0.29, 0.717) is 0 Å². The highest BCUT2D eigenvalue weighted by Crippen LogP contribution is 2.03. The van der Waals surface area contributed by atoms with Crippen LogP contribution in [0.25, 0.3) is 4.85 Å². The molecule has 0 aliphatic rings. The van der Waals surface area contributed by atoms with Gasteiger partial charge >= 0.3 is 18.5 Å². The summed E-state index contributed by atoms with van der Waals surface area (Å²) in [6, 6.07) is 0. The van der Waals surface area contributed by atoms with Gasteiger partial charge in [-0.05, 0) is 11.9 Å². The molecule has 82 valence electrons. The Labute approximate surface area is 96.0 Å². The average molecular weight is 276 g/mol. The number of rotatable bonds is 5. The first kappa shape index (κ1) is 13.7. The van der Waals surface area contributed by atoms with Crippen LogP contribution >= 0.6 is 15.9 Å². The van der Waals surface area contributed by atoms with Gasteiger partial charge in [0.1, 0.15) is 6.61 Å². The van der Waals surface area contributed by atoms with Crippen molar-refractivity contribution in [2.45, 2.75) is 6.92 Å². The van der Waals surface area contributed by atoms with Crippen molar-refractivity contribution in [2.75, 3.05) is 19.8 Å². The second-order valence-electron chi connectivity index (χ2n) is 2.33. The van der Waals surface area contributed by atoms with Crippen molar-refractivity contribution < 1.29 is 19.1 Å². The van der Waals surface area contributed by atoms with Crippen LogP contribution in [0.5, 0.6) is 0 Å². The monoisotopic (exact) mass is 275 g/mol. The van der Waals surface area contributed by atoms with Gasteiger partial charge < -0.3 is 14.3 Å². The van der Waals surface area contributed by atoms with E-state index >= 15 is 0 Å². The van der Waals surface area contributed by atoms with Gasteiger partial charge in [0.15, 0.2) is 0 Å². The van der Waals surface area contributed by atoms with Crippen LogP contribution in [-0.4, -0.2) is 31.7 Å². The third kappa shape index (κ3) is 5.86. The molecule has 0 aromatic carbocycles. The maximum Gasteiger partial charge on any atom is 0.387 e. The third-order valence-electron chi connectivity index (χ3n) is 1.27. The van der Waals surface area contributed by atoms with Gasteiger partial charge in [-0.15, -0.1) is 0 Å². The number of nitrogens with zero attached hydrogens (tertiary/aromatic N) is 1. The lowest BCUT2D eigenvalue weighted by atomic mass is 10.3. The molecule has 0 saturated heterocycles. The molecule has 0 N–H and O–H groups in total. The molecular formula is C9H10BrNO4. The van der Waals surface area contributed by atoms with E-state index in [9.17, 15) is 9.59 Å². The van der Waals surface area contributed by atoms with Crippen LogP contribution < -0.4 is 0 Å². The molecule has 0 unspecified atom stereocenters. The summed E-state index contributed by atoms with van der Waals surface area (Å²) in [5.41, 5.74) is 0.190. The van der Waals surface area contributed by atoms with Crippen LogP contribution in [0, 0.1) is 6.57 Å². The molecule has 0 aromatic rings. The van der Waals surface area contributed by atoms with E-state index in [1.807, 2.05) is 0 Å². The van der Waals surface area contributed by atoms with Gasteiger partial charge in [-0.1, -0.05) is 15.9 Å². The molecule has 0 fully saturated rings. The van der Waals surface area contributed by atoms with Gasteiger partial charge in [0.05, 0.1) is 12.2 Å². The Hall–Kier alpha value is -1.35. The van der Waals surface area contributed by atoms with Crippen molar-refractivity contribution in [3.63, 3.8) is 0 Å². The molecule has 0 radical (unpaired) electrons. The topological polar surface area (TPSA) is 57.0 Å². The van der Waals surface area contributed by atoms with Crippen LogP contribution in [0.3, 0.4) is 0 Å². The molecule has 0 rings (SSSR count). The van der Waals surface area contributed by atoms with E-state index in [0.717, 1.165) is 0 Å². The number of hydrogen-bond acceptors (Lipinski definition) is 4. The summed E-state index contributed by atoms with van der Waals surface area (Å²) in [5.74, 6) is -1.22. The quantitative estimate of drug-likeness (QED) is 0.431. The first-order chi connectivity index (χ1) is 7.15. The number of hydrogen-bond donors (Lipinski definition) is 0. The molecular weight excluding hydrogens is 266 g/mol. The van der Waals surface area contributed by atoms with Crippen LogP contribution in [-0.2, 0) is 19.1 Å². The van der Waals surface area contributed by atoms with E-state index in [4.69, 9.17) is 11.3 Å². The number of carbonyl (C=O) groups excluding carboxylic acids is 2. The smallest absolute Gasteiger partial charge is 0.387 e. The van der Waals surface area contributed by atoms with Gasteiger partial charge in [-0.3, -0.25) is 0 Å². The zero-order chi connectivity index (χ0) is 11.7. The predicted octanol–water partition coefficient (Wildman–Crippen LogP) is 1.29. The normalized spacial score (nSPS) is 10.3. The highest BCUT2D eigenvalue weighted by molar-refractivity contribution is 9.11. The number of halogens is 1. The van der Waals surface area contributed by atoms with Crippen molar-refractivity contribution in [3.05, 3.63) is 22.0 Å². The van der Waals surface area contributed by atoms with Crippen molar-refractivity contribution in [2.24, 2.45) is 0 Å². The van der Waals surface area contributed by atoms with E-state index in [2.05, 4.69) is 25.5 Å². The first-order valence-corrected chi connectivity index (χ1v) is 5.02. The van der Waals surface area contributed by atoms with E-state index in [1.54, 1.807) is 6.92 Å². The minimum Gasteiger partial charge on any atom is -0.463 e. The molecule has 0 aliphatic carbocycles. The lowest BCUT2D eigenvalue weighted by Gasteiger charge is -2.05. The molecule has 5 nitrogen and oxygen atoms in total. The Kier molecular flexibility index (Phi) is 7.28. The average Bonchev–Trinajstić information content (AvgIpc) is 2.19. The lowest BCUT2D eigenvalue weighted by Crippen LogP contribution is -2.16. The van der Waals surface area contributed by atoms with Crippen molar-refractivity contribution in [1.29, 1.82) is 0 Å². The van der Waals surface area contributed by atoms with Crippen molar-refractivity contribution in [3.8, 4) is 0 Å². The summed E-state index contributed by atoms with van der Waals surface area (Å²) in [6.45, 7) is 7.80. The minimum atomic E-state index is -0.666. The molecule has 0 bridgehead atoms. The lowest BCUT2D eigenvalue weighted by molar-refractivity contribution is -0.143. The van der Waals surface area contributed by atoms with E-state index < -0.39 is 11.9 Å². The zero-order valence-corrected chi connectivity index (χ0v) is 9.74. The van der Waals surface area contributed by atoms with Gasteiger partial charge in [0.2, 0.25) is 0 Å². The molecule has 0 atom stereocenters. The molecule has 0 saturated carbocycles. The largest absolute Gasteiger partial charge is 0.463 e. The predicted molar refractivity (Wildman–Crippen MR) is 56.1 cm³/mol. The van der Waals surface area contributed by atoms with Crippen LogP contribution in [0.15, 0.2) is 10.6 Å². The SMILES string of the molecule is [C-]#[N+]CC(=O)OC/C(=C/Br)C(=O)OCC. The number of ether oxygens (including phenoxy) is 2. The zero-order valence-electron chi connectivity index (χ0n) is 8.16. The summed E-state index contributed by atoms with van der Waals surface area (Å²) in [5, 5.41) is 0. The maximum absolute atomic E-state index is 11.2. The maximum atomic E-state index is 11.2. The first-order valence-electron chi connectivity index (χ1n) is 4.10. The summed E-state index contributed by atoms with van der Waals surface area (Å²) in [6.07, 6.45) is 0. The Morgan fingerprint density at radius 3 is 2.60 bits per heavy atom. The Morgan fingerprint density at radius 2 is 2.13 bits per heavy atom. The fraction of sp³-hybridized carbons (Fsp3) is 0.444. The summed E-state index contributed by atoms with van der Waals surface area (Å²) < 4.78 is 9.35. The van der Waals surface area contributed by atoms with Crippen LogP contribution in [0.2, 0.25) is 0 Å². The van der Waals surface area contributed by atoms with Gasteiger partial charge in [0.25, 0.3) is 0 Å². The second kappa shape index (κ2) is 8.00. The molecule has 0 amide bonds. The fourth-order valence-electron chi connectivity index (χ4n) is 0.627. The van der Waals surface area contributed by atoms with Crippen molar-refractivity contribution in [1.82, 2.24) is 0 Å². The standard InChI is InChI=1S/C9H10BrNO4/c1-3-14-9(13)7(4-10)6-15-8(12)5-11-2/h4H,3,5-6H2,1H3/b7-4-. The summed E-state index contributed by atoms with van der Waals surface area (Å²) in [4.78, 5) is 26.2. The molecule has 0 heterocycles. The summed E-state index contributed by atoms with van der Waals surface area (Å²) in [7, 11) is 0. The van der Waals surface area contributed by atoms with E-state index in [1.165, 1.54) is 4.99 Å². The molecule has 0 spiro atoms. The minimum absolute atomic E-state index is 0.190. The van der Waals surface area contributed by atoms with E-state index in [-0.39, 0.29) is 25.3 Å². The Morgan fingerprint density at radius 1 is 1.47 bits per heavy atom. The number of esters is 2. The molecule has 0 aromatic heterocycles. The fourth-order valence-corrected chi connectivity index (χ4v) is 0.946. The second-order valence-corrected chi connectivity index (χ2v) is 2.79. The molecule has 0 aliphatic heterocycles. The van der Waals surface area contributed by atoms with Crippen LogP contribution in [0.4, 0.5) is 0 Å². The summed E-state index contributed by atoms with van der Waals surface area (Å²) >= 11 is 2.96. The number of carbonyl (C=O) groups is 2.